The average Bonchev–Trinajstić information content (AvgIpc) is 3.28. The number of aryl methyl sites for hydroxylation is 1. The van der Waals surface area contributed by atoms with Gasteiger partial charge in [0.1, 0.15) is 0 Å². The molecule has 0 aliphatic carbocycles. The minimum absolute atomic E-state index is 0.314. The van der Waals surface area contributed by atoms with E-state index in [0.29, 0.717) is 42.1 Å². The summed E-state index contributed by atoms with van der Waals surface area (Å²) in [6, 6.07) is 15.3. The first-order valence-electron chi connectivity index (χ1n) is 9.87. The Labute approximate surface area is 180 Å². The summed E-state index contributed by atoms with van der Waals surface area (Å²) in [4.78, 5) is 4.87. The first-order chi connectivity index (χ1) is 14.6. The molecule has 2 aromatic carbocycles. The Kier molecular flexibility index (Phi) is 6.52. The van der Waals surface area contributed by atoms with Gasteiger partial charge in [0.2, 0.25) is 15.2 Å². The molecule has 158 valence electrons. The van der Waals surface area contributed by atoms with Crippen LogP contribution in [0, 0.1) is 0 Å². The fourth-order valence-electron chi connectivity index (χ4n) is 3.22. The van der Waals surface area contributed by atoms with Gasteiger partial charge in [-0.2, -0.15) is 4.31 Å². The maximum absolute atomic E-state index is 12.9. The Morgan fingerprint density at radius 2 is 1.87 bits per heavy atom. The summed E-state index contributed by atoms with van der Waals surface area (Å²) in [6.07, 6.45) is 0.998. The minimum atomic E-state index is -3.50. The number of morpholine rings is 1. The number of benzene rings is 2. The van der Waals surface area contributed by atoms with Crippen LogP contribution in [0.4, 0.5) is 0 Å². The number of aromatic amines is 1. The van der Waals surface area contributed by atoms with Crippen LogP contribution in [-0.4, -0.2) is 54.2 Å². The third-order valence-electron chi connectivity index (χ3n) is 4.97. The van der Waals surface area contributed by atoms with E-state index in [1.807, 2.05) is 18.2 Å². The molecule has 1 saturated heterocycles. The SMILES string of the molecule is CCc1ccc(-c2nc(SCc3cccc(S(=O)(=O)N4CCOCC4)c3)n[nH]2)cc1. The van der Waals surface area contributed by atoms with Crippen molar-refractivity contribution in [3.05, 3.63) is 59.7 Å². The lowest BCUT2D eigenvalue weighted by molar-refractivity contribution is 0.0730. The molecule has 2 heterocycles. The fourth-order valence-corrected chi connectivity index (χ4v) is 5.44. The second kappa shape index (κ2) is 9.30. The van der Waals surface area contributed by atoms with Gasteiger partial charge < -0.3 is 4.74 Å². The van der Waals surface area contributed by atoms with Crippen molar-refractivity contribution in [1.29, 1.82) is 0 Å². The third-order valence-corrected chi connectivity index (χ3v) is 7.79. The lowest BCUT2D eigenvalue weighted by atomic mass is 10.1. The summed E-state index contributed by atoms with van der Waals surface area (Å²) in [7, 11) is -3.50. The Bertz CT molecular complexity index is 1090. The van der Waals surface area contributed by atoms with Gasteiger partial charge in [0, 0.05) is 24.4 Å². The third kappa shape index (κ3) is 4.75. The van der Waals surface area contributed by atoms with Crippen molar-refractivity contribution in [1.82, 2.24) is 19.5 Å². The van der Waals surface area contributed by atoms with Crippen LogP contribution >= 0.6 is 11.8 Å². The number of hydrogen-bond acceptors (Lipinski definition) is 6. The van der Waals surface area contributed by atoms with Crippen LogP contribution in [0.3, 0.4) is 0 Å². The molecule has 1 aliphatic rings. The highest BCUT2D eigenvalue weighted by atomic mass is 32.2. The van der Waals surface area contributed by atoms with Gasteiger partial charge in [-0.25, -0.2) is 13.4 Å². The van der Waals surface area contributed by atoms with E-state index in [-0.39, 0.29) is 0 Å². The molecule has 0 unspecified atom stereocenters. The van der Waals surface area contributed by atoms with Crippen molar-refractivity contribution >= 4 is 21.8 Å². The van der Waals surface area contributed by atoms with Gasteiger partial charge in [-0.05, 0) is 29.7 Å². The molecule has 7 nitrogen and oxygen atoms in total. The van der Waals surface area contributed by atoms with E-state index >= 15 is 0 Å². The zero-order valence-corrected chi connectivity index (χ0v) is 18.4. The highest BCUT2D eigenvalue weighted by Crippen LogP contribution is 2.25. The molecule has 1 fully saturated rings. The van der Waals surface area contributed by atoms with Crippen LogP contribution < -0.4 is 0 Å². The van der Waals surface area contributed by atoms with Gasteiger partial charge in [0.05, 0.1) is 18.1 Å². The minimum Gasteiger partial charge on any atom is -0.379 e. The molecule has 0 amide bonds. The summed E-state index contributed by atoms with van der Waals surface area (Å²) in [6.45, 7) is 3.77. The smallest absolute Gasteiger partial charge is 0.243 e. The van der Waals surface area contributed by atoms with Crippen molar-refractivity contribution in [2.24, 2.45) is 0 Å². The van der Waals surface area contributed by atoms with E-state index < -0.39 is 10.0 Å². The molecule has 9 heteroatoms. The van der Waals surface area contributed by atoms with E-state index in [1.54, 1.807) is 18.2 Å². The Balaban J connectivity index is 1.43. The molecule has 1 N–H and O–H groups in total. The fraction of sp³-hybridized carbons (Fsp3) is 0.333. The number of nitrogens with zero attached hydrogens (tertiary/aromatic N) is 3. The molecule has 0 atom stereocenters. The largest absolute Gasteiger partial charge is 0.379 e. The predicted molar refractivity (Wildman–Crippen MR) is 117 cm³/mol. The van der Waals surface area contributed by atoms with Crippen LogP contribution in [0.25, 0.3) is 11.4 Å². The summed E-state index contributed by atoms with van der Waals surface area (Å²) in [5, 5.41) is 7.89. The van der Waals surface area contributed by atoms with Crippen molar-refractivity contribution < 1.29 is 13.2 Å². The van der Waals surface area contributed by atoms with E-state index in [2.05, 4.69) is 34.2 Å². The standard InChI is InChI=1S/C21H24N4O3S2/c1-2-16-6-8-18(9-7-16)20-22-21(24-23-20)29-15-17-4-3-5-19(14-17)30(26,27)25-10-12-28-13-11-25/h3-9,14H,2,10-13,15H2,1H3,(H,22,23,24). The number of sulfonamides is 1. The number of ether oxygens (including phenoxy) is 1. The van der Waals surface area contributed by atoms with Crippen LogP contribution in [0.2, 0.25) is 0 Å². The summed E-state index contributed by atoms with van der Waals surface area (Å²) in [5.74, 6) is 1.31. The molecule has 1 aliphatic heterocycles. The Hall–Kier alpha value is -2.20. The zero-order chi connectivity index (χ0) is 21.0. The lowest BCUT2D eigenvalue weighted by Gasteiger charge is -2.26. The molecule has 4 rings (SSSR count). The van der Waals surface area contributed by atoms with E-state index in [4.69, 9.17) is 4.74 Å². The number of hydrogen-bond donors (Lipinski definition) is 1. The van der Waals surface area contributed by atoms with Crippen molar-refractivity contribution in [2.45, 2.75) is 29.1 Å². The number of nitrogens with one attached hydrogen (secondary N) is 1. The maximum Gasteiger partial charge on any atom is 0.243 e. The zero-order valence-electron chi connectivity index (χ0n) is 16.7. The number of H-pyrrole nitrogens is 1. The van der Waals surface area contributed by atoms with Crippen LogP contribution in [-0.2, 0) is 26.9 Å². The van der Waals surface area contributed by atoms with Crippen LogP contribution in [0.15, 0.2) is 58.6 Å². The highest BCUT2D eigenvalue weighted by molar-refractivity contribution is 7.98. The van der Waals surface area contributed by atoms with E-state index in [1.165, 1.54) is 21.6 Å². The summed E-state index contributed by atoms with van der Waals surface area (Å²) >= 11 is 1.47. The molecule has 30 heavy (non-hydrogen) atoms. The second-order valence-electron chi connectivity index (χ2n) is 6.97. The second-order valence-corrected chi connectivity index (χ2v) is 9.85. The first-order valence-corrected chi connectivity index (χ1v) is 12.3. The van der Waals surface area contributed by atoms with Gasteiger partial charge in [-0.3, -0.25) is 5.10 Å². The molecule has 3 aromatic rings. The maximum atomic E-state index is 12.9. The topological polar surface area (TPSA) is 88.2 Å². The monoisotopic (exact) mass is 444 g/mol. The van der Waals surface area contributed by atoms with Gasteiger partial charge in [0.25, 0.3) is 0 Å². The van der Waals surface area contributed by atoms with Gasteiger partial charge in [-0.1, -0.05) is 55.1 Å². The molecule has 0 spiro atoms. The molecular weight excluding hydrogens is 420 g/mol. The van der Waals surface area contributed by atoms with Crippen molar-refractivity contribution in [3.63, 3.8) is 0 Å². The normalized spacial score (nSPS) is 15.4. The predicted octanol–water partition coefficient (Wildman–Crippen LogP) is 3.35. The van der Waals surface area contributed by atoms with Gasteiger partial charge in [0.15, 0.2) is 5.82 Å². The highest BCUT2D eigenvalue weighted by Gasteiger charge is 2.26. The van der Waals surface area contributed by atoms with Crippen molar-refractivity contribution in [3.8, 4) is 11.4 Å². The van der Waals surface area contributed by atoms with Gasteiger partial charge in [-0.15, -0.1) is 5.10 Å². The molecular formula is C21H24N4O3S2. The Morgan fingerprint density at radius 3 is 2.60 bits per heavy atom. The molecule has 1 aromatic heterocycles. The van der Waals surface area contributed by atoms with Crippen LogP contribution in [0.5, 0.6) is 0 Å². The number of thioether (sulfide) groups is 1. The summed E-state index contributed by atoms with van der Waals surface area (Å²) in [5.41, 5.74) is 3.18. The number of aromatic nitrogens is 3. The first kappa shape index (κ1) is 21.0. The van der Waals surface area contributed by atoms with Crippen LogP contribution in [0.1, 0.15) is 18.1 Å². The molecule has 0 radical (unpaired) electrons. The summed E-state index contributed by atoms with van der Waals surface area (Å²) < 4.78 is 32.4. The van der Waals surface area contributed by atoms with E-state index in [0.717, 1.165) is 23.4 Å². The van der Waals surface area contributed by atoms with E-state index in [9.17, 15) is 8.42 Å². The average molecular weight is 445 g/mol. The number of rotatable bonds is 7. The molecule has 0 bridgehead atoms. The quantitative estimate of drug-likeness (QED) is 0.562. The van der Waals surface area contributed by atoms with Crippen molar-refractivity contribution in [2.75, 3.05) is 26.3 Å². The Morgan fingerprint density at radius 1 is 1.10 bits per heavy atom. The molecule has 0 saturated carbocycles. The van der Waals surface area contributed by atoms with Gasteiger partial charge >= 0.3 is 0 Å². The lowest BCUT2D eigenvalue weighted by Crippen LogP contribution is -2.40.